The van der Waals surface area contributed by atoms with Gasteiger partial charge in [0.05, 0.1) is 5.69 Å². The molecule has 0 unspecified atom stereocenters. The maximum Gasteiger partial charge on any atom is 0.151 e. The second-order valence-corrected chi connectivity index (χ2v) is 5.22. The summed E-state index contributed by atoms with van der Waals surface area (Å²) in [5.74, 6) is 0.827. The molecule has 0 saturated heterocycles. The molecule has 0 aromatic carbocycles. The summed E-state index contributed by atoms with van der Waals surface area (Å²) in [5.41, 5.74) is 7.63. The zero-order chi connectivity index (χ0) is 13.2. The lowest BCUT2D eigenvalue weighted by Crippen LogP contribution is -2.44. The minimum Gasteiger partial charge on any atom is -0.367 e. The van der Waals surface area contributed by atoms with Crippen LogP contribution < -0.4 is 10.6 Å². The summed E-state index contributed by atoms with van der Waals surface area (Å²) in [6, 6.07) is 5.89. The third-order valence-corrected chi connectivity index (χ3v) is 2.58. The van der Waals surface area contributed by atoms with Crippen LogP contribution >= 0.6 is 0 Å². The molecule has 0 bridgehead atoms. The Balaban J connectivity index is 2.13. The molecule has 0 aliphatic carbocycles. The van der Waals surface area contributed by atoms with E-state index in [9.17, 15) is 0 Å². The highest BCUT2D eigenvalue weighted by Gasteiger charge is 2.15. The van der Waals surface area contributed by atoms with E-state index in [0.717, 1.165) is 23.6 Å². The highest BCUT2D eigenvalue weighted by atomic mass is 15.3. The maximum absolute atomic E-state index is 5.99. The molecule has 2 rings (SSSR count). The first kappa shape index (κ1) is 12.6. The predicted molar refractivity (Wildman–Crippen MR) is 73.4 cm³/mol. The van der Waals surface area contributed by atoms with Crippen LogP contribution in [-0.4, -0.2) is 34.3 Å². The number of aromatic nitrogens is 3. The van der Waals surface area contributed by atoms with Crippen molar-refractivity contribution >= 4 is 5.82 Å². The molecule has 0 radical (unpaired) electrons. The SMILES string of the molecule is CN(CC(C)(C)N)c1ccc(-c2cc[nH]c2)nn1. The lowest BCUT2D eigenvalue weighted by Gasteiger charge is -2.26. The summed E-state index contributed by atoms with van der Waals surface area (Å²) >= 11 is 0. The molecule has 0 amide bonds. The van der Waals surface area contributed by atoms with Gasteiger partial charge in [-0.25, -0.2) is 0 Å². The van der Waals surface area contributed by atoms with Crippen molar-refractivity contribution in [3.8, 4) is 11.3 Å². The van der Waals surface area contributed by atoms with Gasteiger partial charge in [-0.05, 0) is 32.0 Å². The first-order chi connectivity index (χ1) is 8.46. The minimum atomic E-state index is -0.254. The van der Waals surface area contributed by atoms with Crippen LogP contribution in [0.4, 0.5) is 5.82 Å². The largest absolute Gasteiger partial charge is 0.367 e. The van der Waals surface area contributed by atoms with Crippen LogP contribution in [-0.2, 0) is 0 Å². The van der Waals surface area contributed by atoms with Crippen molar-refractivity contribution in [1.82, 2.24) is 15.2 Å². The van der Waals surface area contributed by atoms with Crippen molar-refractivity contribution < 1.29 is 0 Å². The number of nitrogens with two attached hydrogens (primary N) is 1. The Labute approximate surface area is 107 Å². The molecule has 2 aromatic rings. The van der Waals surface area contributed by atoms with E-state index in [-0.39, 0.29) is 5.54 Å². The van der Waals surface area contributed by atoms with Crippen LogP contribution in [0.2, 0.25) is 0 Å². The summed E-state index contributed by atoms with van der Waals surface area (Å²) in [5, 5.41) is 8.44. The normalized spacial score (nSPS) is 11.6. The highest BCUT2D eigenvalue weighted by Crippen LogP contribution is 2.17. The molecule has 0 atom stereocenters. The van der Waals surface area contributed by atoms with Crippen LogP contribution in [0, 0.1) is 0 Å². The Morgan fingerprint density at radius 2 is 2.06 bits per heavy atom. The lowest BCUT2D eigenvalue weighted by molar-refractivity contribution is 0.516. The van der Waals surface area contributed by atoms with Gasteiger partial charge in [0.25, 0.3) is 0 Å². The van der Waals surface area contributed by atoms with Gasteiger partial charge in [0.15, 0.2) is 5.82 Å². The third-order valence-electron chi connectivity index (χ3n) is 2.58. The van der Waals surface area contributed by atoms with E-state index in [1.807, 2.05) is 56.4 Å². The Hall–Kier alpha value is -1.88. The molecule has 0 aliphatic rings. The Kier molecular flexibility index (Phi) is 3.34. The number of hydrogen-bond acceptors (Lipinski definition) is 4. The first-order valence-electron chi connectivity index (χ1n) is 5.93. The lowest BCUT2D eigenvalue weighted by atomic mass is 10.1. The Bertz CT molecular complexity index is 481. The molecule has 0 spiro atoms. The standard InChI is InChI=1S/C13H19N5/c1-13(2,14)9-18(3)12-5-4-11(16-17-12)10-6-7-15-8-10/h4-8,15H,9,14H2,1-3H3. The van der Waals surface area contributed by atoms with E-state index < -0.39 is 0 Å². The van der Waals surface area contributed by atoms with E-state index in [1.54, 1.807) is 0 Å². The zero-order valence-corrected chi connectivity index (χ0v) is 11.0. The molecule has 0 aliphatic heterocycles. The van der Waals surface area contributed by atoms with Gasteiger partial charge in [0.2, 0.25) is 0 Å². The Morgan fingerprint density at radius 3 is 2.56 bits per heavy atom. The zero-order valence-electron chi connectivity index (χ0n) is 11.0. The number of nitrogens with one attached hydrogen (secondary N) is 1. The predicted octanol–water partition coefficient (Wildman–Crippen LogP) is 1.65. The van der Waals surface area contributed by atoms with Crippen LogP contribution in [0.5, 0.6) is 0 Å². The average Bonchev–Trinajstić information content (AvgIpc) is 2.80. The van der Waals surface area contributed by atoms with E-state index in [4.69, 9.17) is 5.73 Å². The summed E-state index contributed by atoms with van der Waals surface area (Å²) in [6.07, 6.45) is 3.77. The molecule has 3 N–H and O–H groups in total. The summed E-state index contributed by atoms with van der Waals surface area (Å²) in [7, 11) is 1.97. The topological polar surface area (TPSA) is 70.8 Å². The van der Waals surface area contributed by atoms with Gasteiger partial charge in [-0.15, -0.1) is 10.2 Å². The number of rotatable bonds is 4. The van der Waals surface area contributed by atoms with Gasteiger partial charge in [-0.2, -0.15) is 0 Å². The molecule has 2 aromatic heterocycles. The fourth-order valence-corrected chi connectivity index (χ4v) is 1.86. The van der Waals surface area contributed by atoms with Crippen molar-refractivity contribution in [2.75, 3.05) is 18.5 Å². The van der Waals surface area contributed by atoms with E-state index in [2.05, 4.69) is 15.2 Å². The summed E-state index contributed by atoms with van der Waals surface area (Å²) in [6.45, 7) is 4.71. The molecule has 18 heavy (non-hydrogen) atoms. The van der Waals surface area contributed by atoms with Gasteiger partial charge < -0.3 is 15.6 Å². The first-order valence-corrected chi connectivity index (χ1v) is 5.93. The second-order valence-electron chi connectivity index (χ2n) is 5.22. The molecule has 96 valence electrons. The van der Waals surface area contributed by atoms with Gasteiger partial charge in [0, 0.05) is 37.1 Å². The molecule has 5 heteroatoms. The van der Waals surface area contributed by atoms with E-state index >= 15 is 0 Å². The molecule has 0 fully saturated rings. The number of aromatic amines is 1. The quantitative estimate of drug-likeness (QED) is 0.859. The highest BCUT2D eigenvalue weighted by molar-refractivity contribution is 5.58. The molecule has 2 heterocycles. The molecule has 5 nitrogen and oxygen atoms in total. The number of nitrogens with zero attached hydrogens (tertiary/aromatic N) is 3. The summed E-state index contributed by atoms with van der Waals surface area (Å²) in [4.78, 5) is 5.01. The molecular formula is C13H19N5. The van der Waals surface area contributed by atoms with Gasteiger partial charge in [0.1, 0.15) is 0 Å². The van der Waals surface area contributed by atoms with Gasteiger partial charge in [-0.1, -0.05) is 0 Å². The van der Waals surface area contributed by atoms with E-state index in [0.29, 0.717) is 0 Å². The number of H-pyrrole nitrogens is 1. The van der Waals surface area contributed by atoms with Crippen molar-refractivity contribution in [3.05, 3.63) is 30.6 Å². The van der Waals surface area contributed by atoms with E-state index in [1.165, 1.54) is 0 Å². The fraction of sp³-hybridized carbons (Fsp3) is 0.385. The Morgan fingerprint density at radius 1 is 1.28 bits per heavy atom. The van der Waals surface area contributed by atoms with Crippen molar-refractivity contribution in [1.29, 1.82) is 0 Å². The second kappa shape index (κ2) is 4.78. The smallest absolute Gasteiger partial charge is 0.151 e. The minimum absolute atomic E-state index is 0.254. The van der Waals surface area contributed by atoms with Gasteiger partial charge in [-0.3, -0.25) is 0 Å². The van der Waals surface area contributed by atoms with Crippen LogP contribution in [0.1, 0.15) is 13.8 Å². The van der Waals surface area contributed by atoms with Crippen LogP contribution in [0.3, 0.4) is 0 Å². The number of likely N-dealkylation sites (N-methyl/N-ethyl adjacent to an activating group) is 1. The van der Waals surface area contributed by atoms with Crippen LogP contribution in [0.15, 0.2) is 30.6 Å². The van der Waals surface area contributed by atoms with Crippen molar-refractivity contribution in [2.24, 2.45) is 5.73 Å². The van der Waals surface area contributed by atoms with Crippen molar-refractivity contribution in [2.45, 2.75) is 19.4 Å². The third kappa shape index (κ3) is 3.07. The maximum atomic E-state index is 5.99. The molecular weight excluding hydrogens is 226 g/mol. The number of hydrogen-bond donors (Lipinski definition) is 2. The monoisotopic (exact) mass is 245 g/mol. The van der Waals surface area contributed by atoms with Crippen LogP contribution in [0.25, 0.3) is 11.3 Å². The van der Waals surface area contributed by atoms with Gasteiger partial charge >= 0.3 is 0 Å². The fourth-order valence-electron chi connectivity index (χ4n) is 1.86. The summed E-state index contributed by atoms with van der Waals surface area (Å²) < 4.78 is 0. The number of anilines is 1. The average molecular weight is 245 g/mol. The van der Waals surface area contributed by atoms with Crippen molar-refractivity contribution in [3.63, 3.8) is 0 Å². The molecule has 0 saturated carbocycles.